The van der Waals surface area contributed by atoms with Crippen molar-refractivity contribution in [3.8, 4) is 0 Å². The maximum absolute atomic E-state index is 12.6. The van der Waals surface area contributed by atoms with Gasteiger partial charge in [0.25, 0.3) is 0 Å². The highest BCUT2D eigenvalue weighted by Crippen LogP contribution is 3.02. The molecule has 1 aromatic rings. The van der Waals surface area contributed by atoms with Crippen molar-refractivity contribution in [2.75, 3.05) is 0 Å². The van der Waals surface area contributed by atoms with E-state index in [4.69, 9.17) is 4.84 Å². The van der Waals surface area contributed by atoms with E-state index in [9.17, 15) is 24.2 Å². The molecule has 2 rings (SSSR count). The molecule has 1 unspecified atom stereocenters. The molecule has 4 nitrogen and oxygen atoms in total. The van der Waals surface area contributed by atoms with Gasteiger partial charge in [-0.05, 0) is 32.9 Å². The van der Waals surface area contributed by atoms with Gasteiger partial charge in [0.05, 0.1) is 0 Å². The third kappa shape index (κ3) is 4.01. The smallest absolute Gasteiger partial charge is 0.332 e. The number of carbonyl (C=O) groups is 1. The Hall–Kier alpha value is -1.55. The number of rotatable bonds is 2. The van der Waals surface area contributed by atoms with Crippen LogP contribution in [-0.4, -0.2) is 16.6 Å². The lowest BCUT2D eigenvalue weighted by atomic mass is 10.1. The van der Waals surface area contributed by atoms with Crippen molar-refractivity contribution in [1.29, 1.82) is 0 Å². The maximum Gasteiger partial charge on any atom is 0.344 e. The molecule has 10 heteroatoms. The summed E-state index contributed by atoms with van der Waals surface area (Å²) in [5.74, 6) is 0. The summed E-state index contributed by atoms with van der Waals surface area (Å²) < 4.78 is 62.9. The second-order valence-electron chi connectivity index (χ2n) is 6.00. The molecule has 0 radical (unpaired) electrons. The molecule has 0 spiro atoms. The summed E-state index contributed by atoms with van der Waals surface area (Å²) >= 11 is 0. The van der Waals surface area contributed by atoms with Crippen LogP contribution in [0.4, 0.5) is 24.2 Å². The molecular weight excluding hydrogens is 331 g/mol. The van der Waals surface area contributed by atoms with Crippen LogP contribution >= 0.6 is 10.2 Å². The van der Waals surface area contributed by atoms with E-state index in [1.54, 1.807) is 20.8 Å². The van der Waals surface area contributed by atoms with Gasteiger partial charge in [-0.1, -0.05) is 31.6 Å². The van der Waals surface area contributed by atoms with Crippen LogP contribution in [0.15, 0.2) is 29.2 Å². The number of hydrogen-bond acceptors (Lipinski definition) is 2. The molecule has 22 heavy (non-hydrogen) atoms. The van der Waals surface area contributed by atoms with Gasteiger partial charge in [-0.15, -0.1) is 0 Å². The SMILES string of the molecule is CC(C)(C)NC(=O)N1OC1c1ccc(S(F)(F)(F)(F)F)cc1. The van der Waals surface area contributed by atoms with Crippen LogP contribution in [0.2, 0.25) is 0 Å². The fourth-order valence-electron chi connectivity index (χ4n) is 1.70. The van der Waals surface area contributed by atoms with Gasteiger partial charge in [-0.2, -0.15) is 5.06 Å². The first kappa shape index (κ1) is 16.8. The average Bonchev–Trinajstić information content (AvgIpc) is 3.03. The molecular formula is C12H15F5N2O2S. The van der Waals surface area contributed by atoms with Crippen LogP contribution in [0.25, 0.3) is 0 Å². The number of hydrogen-bond donors (Lipinski definition) is 1. The molecule has 1 aliphatic heterocycles. The minimum atomic E-state index is -9.68. The van der Waals surface area contributed by atoms with Gasteiger partial charge in [0.2, 0.25) is 6.23 Å². The average molecular weight is 346 g/mol. The fourth-order valence-corrected chi connectivity index (χ4v) is 2.35. The molecule has 1 heterocycles. The van der Waals surface area contributed by atoms with E-state index in [0.29, 0.717) is 12.1 Å². The fraction of sp³-hybridized carbons (Fsp3) is 0.417. The molecule has 1 fully saturated rings. The first-order valence-electron chi connectivity index (χ1n) is 6.19. The summed E-state index contributed by atoms with van der Waals surface area (Å²) in [6.07, 6.45) is -0.880. The topological polar surface area (TPSA) is 44.6 Å². The zero-order valence-corrected chi connectivity index (χ0v) is 12.8. The number of carbonyl (C=O) groups excluding carboxylic acids is 1. The Morgan fingerprint density at radius 2 is 1.64 bits per heavy atom. The van der Waals surface area contributed by atoms with Crippen molar-refractivity contribution >= 4 is 16.3 Å². The van der Waals surface area contributed by atoms with Crippen molar-refractivity contribution in [3.63, 3.8) is 0 Å². The third-order valence-corrected chi connectivity index (χ3v) is 3.84. The minimum absolute atomic E-state index is 0.176. The summed E-state index contributed by atoms with van der Waals surface area (Å²) in [5, 5.41) is 3.51. The number of urea groups is 1. The molecule has 0 saturated carbocycles. The van der Waals surface area contributed by atoms with Crippen LogP contribution in [0.5, 0.6) is 0 Å². The Balaban J connectivity index is 2.10. The van der Waals surface area contributed by atoms with Gasteiger partial charge in [0.1, 0.15) is 4.90 Å². The predicted molar refractivity (Wildman–Crippen MR) is 71.8 cm³/mol. The number of nitrogens with one attached hydrogen (secondary N) is 1. The zero-order valence-electron chi connectivity index (χ0n) is 11.9. The number of amides is 2. The number of nitrogens with zero attached hydrogens (tertiary/aromatic N) is 1. The predicted octanol–water partition coefficient (Wildman–Crippen LogP) is 5.10. The van der Waals surface area contributed by atoms with E-state index in [1.165, 1.54) is 0 Å². The lowest BCUT2D eigenvalue weighted by Crippen LogP contribution is -2.43. The molecule has 1 atom stereocenters. The molecule has 126 valence electrons. The van der Waals surface area contributed by atoms with Gasteiger partial charge < -0.3 is 5.32 Å². The first-order valence-corrected chi connectivity index (χ1v) is 8.14. The van der Waals surface area contributed by atoms with Crippen molar-refractivity contribution in [2.45, 2.75) is 37.4 Å². The van der Waals surface area contributed by atoms with E-state index in [-0.39, 0.29) is 5.56 Å². The van der Waals surface area contributed by atoms with Gasteiger partial charge >= 0.3 is 16.3 Å². The molecule has 2 amide bonds. The van der Waals surface area contributed by atoms with Crippen molar-refractivity contribution in [3.05, 3.63) is 29.8 Å². The monoisotopic (exact) mass is 346 g/mol. The van der Waals surface area contributed by atoms with Crippen molar-refractivity contribution < 1.29 is 29.1 Å². The highest BCUT2D eigenvalue weighted by atomic mass is 32.5. The van der Waals surface area contributed by atoms with E-state index >= 15 is 0 Å². The maximum atomic E-state index is 12.6. The van der Waals surface area contributed by atoms with E-state index in [1.807, 2.05) is 0 Å². The minimum Gasteiger partial charge on any atom is -0.332 e. The standard InChI is InChI=1S/C12H15F5N2O2S/c1-12(2,3)18-11(20)19-10(21-19)8-4-6-9(7-5-8)22(13,14,15,16)17/h4-7,10H,1-3H3,(H,18,20). The van der Waals surface area contributed by atoms with Crippen molar-refractivity contribution in [1.82, 2.24) is 10.4 Å². The molecule has 0 aliphatic carbocycles. The van der Waals surface area contributed by atoms with Crippen LogP contribution in [0, 0.1) is 0 Å². The molecule has 0 bridgehead atoms. The molecule has 0 aromatic heterocycles. The van der Waals surface area contributed by atoms with Gasteiger partial charge in [-0.3, -0.25) is 0 Å². The summed E-state index contributed by atoms with van der Waals surface area (Å²) in [4.78, 5) is 14.7. The van der Waals surface area contributed by atoms with Gasteiger partial charge in [0, 0.05) is 11.1 Å². The summed E-state index contributed by atoms with van der Waals surface area (Å²) in [5.41, 5.74) is -0.339. The Bertz CT molecular complexity index is 609. The van der Waals surface area contributed by atoms with Crippen LogP contribution in [-0.2, 0) is 4.84 Å². The Morgan fingerprint density at radius 3 is 2.05 bits per heavy atom. The van der Waals surface area contributed by atoms with Gasteiger partial charge in [0.15, 0.2) is 0 Å². The summed E-state index contributed by atoms with van der Waals surface area (Å²) in [6, 6.07) is 1.75. The highest BCUT2D eigenvalue weighted by molar-refractivity contribution is 8.45. The largest absolute Gasteiger partial charge is 0.344 e. The van der Waals surface area contributed by atoms with E-state index in [0.717, 1.165) is 17.2 Å². The summed E-state index contributed by atoms with van der Waals surface area (Å²) in [7, 11) is -9.68. The van der Waals surface area contributed by atoms with Crippen LogP contribution in [0.3, 0.4) is 0 Å². The number of halogens is 5. The second kappa shape index (κ2) is 4.05. The second-order valence-corrected chi connectivity index (χ2v) is 8.41. The third-order valence-electron chi connectivity index (χ3n) is 2.67. The van der Waals surface area contributed by atoms with Crippen LogP contribution < -0.4 is 5.32 Å². The molecule has 1 saturated heterocycles. The Morgan fingerprint density at radius 1 is 1.14 bits per heavy atom. The first-order chi connectivity index (χ1) is 9.57. The Labute approximate surface area is 123 Å². The number of hydroxylamine groups is 2. The normalized spacial score (nSPS) is 21.8. The van der Waals surface area contributed by atoms with Gasteiger partial charge in [-0.25, -0.2) is 9.63 Å². The highest BCUT2D eigenvalue weighted by Gasteiger charge is 2.65. The lowest BCUT2D eigenvalue weighted by Gasteiger charge is -2.40. The molecule has 1 N–H and O–H groups in total. The lowest BCUT2D eigenvalue weighted by molar-refractivity contribution is 0.169. The van der Waals surface area contributed by atoms with E-state index in [2.05, 4.69) is 5.32 Å². The molecule has 1 aliphatic rings. The zero-order chi connectivity index (χ0) is 17.0. The summed E-state index contributed by atoms with van der Waals surface area (Å²) in [6.45, 7) is 5.23. The van der Waals surface area contributed by atoms with Crippen molar-refractivity contribution in [2.24, 2.45) is 0 Å². The van der Waals surface area contributed by atoms with E-state index < -0.39 is 32.9 Å². The number of benzene rings is 1. The quantitative estimate of drug-likeness (QED) is 0.598. The van der Waals surface area contributed by atoms with Crippen LogP contribution in [0.1, 0.15) is 32.6 Å². The molecule has 1 aromatic carbocycles. The Kier molecular flexibility index (Phi) is 3.09.